The first-order valence-electron chi connectivity index (χ1n) is 12.7. The third-order valence-electron chi connectivity index (χ3n) is 7.70. The number of ether oxygens (including phenoxy) is 2. The van der Waals surface area contributed by atoms with Crippen molar-refractivity contribution in [1.29, 1.82) is 0 Å². The minimum Gasteiger partial charge on any atom is -0.462 e. The molecule has 2 saturated carbocycles. The Labute approximate surface area is 200 Å². The summed E-state index contributed by atoms with van der Waals surface area (Å²) in [6, 6.07) is 0. The van der Waals surface area contributed by atoms with Crippen LogP contribution in [-0.2, 0) is 19.1 Å². The predicted molar refractivity (Wildman–Crippen MR) is 131 cm³/mol. The van der Waals surface area contributed by atoms with Crippen molar-refractivity contribution in [3.8, 4) is 0 Å². The number of rotatable bonds is 12. The lowest BCUT2D eigenvalue weighted by molar-refractivity contribution is -0.146. The topological polar surface area (TPSA) is 72.8 Å². The molecule has 2 aliphatic carbocycles. The molecule has 33 heavy (non-hydrogen) atoms. The standard InChI is InChI=1S/C28H44O5/c1-5-6-7-8-22-9-11-23(12-10-22)24-13-15-25(16-14-24)26(18-32-27(30)20(2)3)19-33-28(31)21(4)17-29/h5-6,22-26,29H,2,4,7-19H2,1,3H3/b6-5+. The maximum absolute atomic E-state index is 12.0. The van der Waals surface area contributed by atoms with Crippen molar-refractivity contribution in [3.05, 3.63) is 36.5 Å². The van der Waals surface area contributed by atoms with Crippen LogP contribution in [0.3, 0.4) is 0 Å². The van der Waals surface area contributed by atoms with Crippen LogP contribution in [0.5, 0.6) is 0 Å². The average molecular weight is 461 g/mol. The number of aliphatic hydroxyl groups is 1. The van der Waals surface area contributed by atoms with Crippen LogP contribution in [-0.4, -0.2) is 36.9 Å². The Morgan fingerprint density at radius 2 is 1.48 bits per heavy atom. The highest BCUT2D eigenvalue weighted by molar-refractivity contribution is 5.88. The van der Waals surface area contributed by atoms with E-state index in [1.807, 2.05) is 0 Å². The number of carbonyl (C=O) groups is 2. The molecule has 5 nitrogen and oxygen atoms in total. The van der Waals surface area contributed by atoms with Gasteiger partial charge in [-0.05, 0) is 88.9 Å². The summed E-state index contributed by atoms with van der Waals surface area (Å²) in [5, 5.41) is 9.10. The van der Waals surface area contributed by atoms with E-state index in [9.17, 15) is 9.59 Å². The van der Waals surface area contributed by atoms with Gasteiger partial charge >= 0.3 is 11.9 Å². The third-order valence-corrected chi connectivity index (χ3v) is 7.70. The summed E-state index contributed by atoms with van der Waals surface area (Å²) in [5.74, 6) is 1.82. The van der Waals surface area contributed by atoms with Gasteiger partial charge in [-0.1, -0.05) is 38.2 Å². The highest BCUT2D eigenvalue weighted by Gasteiger charge is 2.34. The number of carbonyl (C=O) groups excluding carboxylic acids is 2. The molecule has 1 unspecified atom stereocenters. The van der Waals surface area contributed by atoms with Crippen molar-refractivity contribution >= 4 is 11.9 Å². The largest absolute Gasteiger partial charge is 0.462 e. The van der Waals surface area contributed by atoms with Gasteiger partial charge in [0, 0.05) is 11.5 Å². The van der Waals surface area contributed by atoms with Gasteiger partial charge in [-0.25, -0.2) is 9.59 Å². The predicted octanol–water partition coefficient (Wildman–Crippen LogP) is 5.78. The van der Waals surface area contributed by atoms with Crippen molar-refractivity contribution < 1.29 is 24.2 Å². The van der Waals surface area contributed by atoms with E-state index < -0.39 is 18.5 Å². The lowest BCUT2D eigenvalue weighted by Crippen LogP contribution is -2.33. The molecule has 0 bridgehead atoms. The van der Waals surface area contributed by atoms with E-state index >= 15 is 0 Å². The summed E-state index contributed by atoms with van der Waals surface area (Å²) >= 11 is 0. The average Bonchev–Trinajstić information content (AvgIpc) is 2.84. The number of allylic oxidation sites excluding steroid dienone is 2. The SMILES string of the molecule is C=C(C)C(=O)OCC(COC(=O)C(=C)CO)C1CCC(C2CCC(CC/C=C/C)CC2)CC1. The van der Waals surface area contributed by atoms with Gasteiger partial charge in [0.1, 0.15) is 0 Å². The van der Waals surface area contributed by atoms with E-state index in [-0.39, 0.29) is 24.7 Å². The third kappa shape index (κ3) is 9.11. The van der Waals surface area contributed by atoms with E-state index in [1.165, 1.54) is 51.4 Å². The van der Waals surface area contributed by atoms with Crippen LogP contribution in [0.2, 0.25) is 0 Å². The quantitative estimate of drug-likeness (QED) is 0.227. The molecule has 1 N–H and O–H groups in total. The maximum Gasteiger partial charge on any atom is 0.335 e. The van der Waals surface area contributed by atoms with Gasteiger partial charge in [-0.3, -0.25) is 0 Å². The fourth-order valence-electron chi connectivity index (χ4n) is 5.51. The lowest BCUT2D eigenvalue weighted by atomic mass is 9.67. The van der Waals surface area contributed by atoms with Gasteiger partial charge in [-0.15, -0.1) is 0 Å². The van der Waals surface area contributed by atoms with Gasteiger partial charge < -0.3 is 14.6 Å². The first-order chi connectivity index (χ1) is 15.8. The molecular formula is C28H44O5. The zero-order chi connectivity index (χ0) is 24.2. The van der Waals surface area contributed by atoms with Crippen molar-refractivity contribution in [2.24, 2.45) is 29.6 Å². The molecule has 0 aromatic rings. The van der Waals surface area contributed by atoms with E-state index in [4.69, 9.17) is 14.6 Å². The Balaban J connectivity index is 1.84. The first-order valence-corrected chi connectivity index (χ1v) is 12.7. The molecule has 1 atom stereocenters. The number of hydrogen-bond acceptors (Lipinski definition) is 5. The molecule has 5 heteroatoms. The number of esters is 2. The monoisotopic (exact) mass is 460 g/mol. The Kier molecular flexibility index (Phi) is 11.9. The molecule has 0 radical (unpaired) electrons. The molecule has 2 rings (SSSR count). The maximum atomic E-state index is 12.0. The van der Waals surface area contributed by atoms with Crippen LogP contribution in [0.15, 0.2) is 36.5 Å². The molecule has 2 aliphatic rings. The molecule has 186 valence electrons. The van der Waals surface area contributed by atoms with Crippen LogP contribution >= 0.6 is 0 Å². The fraction of sp³-hybridized carbons (Fsp3) is 0.714. The zero-order valence-corrected chi connectivity index (χ0v) is 20.7. The molecule has 0 aliphatic heterocycles. The van der Waals surface area contributed by atoms with Crippen molar-refractivity contribution in [2.75, 3.05) is 19.8 Å². The van der Waals surface area contributed by atoms with Gasteiger partial charge in [0.25, 0.3) is 0 Å². The summed E-state index contributed by atoms with van der Waals surface area (Å²) in [6.45, 7) is 10.9. The van der Waals surface area contributed by atoms with Crippen LogP contribution in [0.1, 0.15) is 78.1 Å². The molecule has 0 aromatic carbocycles. The smallest absolute Gasteiger partial charge is 0.335 e. The Bertz CT molecular complexity index is 678. The molecule has 2 fully saturated rings. The summed E-state index contributed by atoms with van der Waals surface area (Å²) in [4.78, 5) is 23.9. The second-order valence-electron chi connectivity index (χ2n) is 10.1. The van der Waals surface area contributed by atoms with E-state index in [1.54, 1.807) is 6.92 Å². The Hall–Kier alpha value is -1.88. The van der Waals surface area contributed by atoms with Crippen LogP contribution in [0.4, 0.5) is 0 Å². The normalized spacial score (nSPS) is 26.5. The van der Waals surface area contributed by atoms with Gasteiger partial charge in [0.2, 0.25) is 0 Å². The molecular weight excluding hydrogens is 416 g/mol. The van der Waals surface area contributed by atoms with Crippen LogP contribution in [0, 0.1) is 29.6 Å². The minimum absolute atomic E-state index is 0.0395. The molecule has 0 heterocycles. The van der Waals surface area contributed by atoms with Gasteiger partial charge in [0.05, 0.1) is 25.4 Å². The lowest BCUT2D eigenvalue weighted by Gasteiger charge is -2.39. The molecule has 0 amide bonds. The van der Waals surface area contributed by atoms with Gasteiger partial charge in [-0.2, -0.15) is 0 Å². The second kappa shape index (κ2) is 14.4. The second-order valence-corrected chi connectivity index (χ2v) is 10.1. The van der Waals surface area contributed by atoms with Crippen LogP contribution < -0.4 is 0 Å². The van der Waals surface area contributed by atoms with Crippen LogP contribution in [0.25, 0.3) is 0 Å². The highest BCUT2D eigenvalue weighted by Crippen LogP contribution is 2.43. The van der Waals surface area contributed by atoms with Crippen molar-refractivity contribution in [2.45, 2.75) is 78.1 Å². The Morgan fingerprint density at radius 1 is 0.939 bits per heavy atom. The van der Waals surface area contributed by atoms with Crippen molar-refractivity contribution in [3.63, 3.8) is 0 Å². The summed E-state index contributed by atoms with van der Waals surface area (Å²) in [5.41, 5.74) is 0.405. The zero-order valence-electron chi connectivity index (χ0n) is 20.7. The number of hydrogen-bond donors (Lipinski definition) is 1. The summed E-state index contributed by atoms with van der Waals surface area (Å²) in [6.07, 6.45) is 17.0. The molecule has 0 saturated heterocycles. The highest BCUT2D eigenvalue weighted by atomic mass is 16.5. The summed E-state index contributed by atoms with van der Waals surface area (Å²) in [7, 11) is 0. The van der Waals surface area contributed by atoms with E-state index in [0.717, 1.165) is 30.6 Å². The number of aliphatic hydroxyl groups excluding tert-OH is 1. The fourth-order valence-corrected chi connectivity index (χ4v) is 5.51. The molecule has 0 aromatic heterocycles. The summed E-state index contributed by atoms with van der Waals surface area (Å²) < 4.78 is 10.8. The Morgan fingerprint density at radius 3 is 2.00 bits per heavy atom. The van der Waals surface area contributed by atoms with E-state index in [0.29, 0.717) is 11.5 Å². The van der Waals surface area contributed by atoms with Crippen molar-refractivity contribution in [1.82, 2.24) is 0 Å². The van der Waals surface area contributed by atoms with E-state index in [2.05, 4.69) is 32.2 Å². The first kappa shape index (κ1) is 27.4. The molecule has 0 spiro atoms. The minimum atomic E-state index is -0.589. The van der Waals surface area contributed by atoms with Gasteiger partial charge in [0.15, 0.2) is 0 Å².